The molecule has 0 rings (SSSR count). The number of hydrogen-bond acceptors (Lipinski definition) is 1. The fourth-order valence-corrected chi connectivity index (χ4v) is 0.908. The zero-order chi connectivity index (χ0) is 8.15. The van der Waals surface area contributed by atoms with Crippen LogP contribution in [-0.4, -0.2) is 28.2 Å². The van der Waals surface area contributed by atoms with Gasteiger partial charge in [0.15, 0.2) is 6.17 Å². The lowest BCUT2D eigenvalue weighted by Gasteiger charge is -2.09. The summed E-state index contributed by atoms with van der Waals surface area (Å²) in [7, 11) is 0. The summed E-state index contributed by atoms with van der Waals surface area (Å²) in [4.78, 5) is 0. The summed E-state index contributed by atoms with van der Waals surface area (Å²) >= 11 is 1.73. The van der Waals surface area contributed by atoms with Crippen molar-refractivity contribution in [3.8, 4) is 0 Å². The standard InChI is InChI=1S/C5H8F3IO/c6-4(5(7)8)1-3(9)2-10/h3-5,10H,1-2H2. The van der Waals surface area contributed by atoms with E-state index in [-0.39, 0.29) is 13.0 Å². The Hall–Kier alpha value is 0.480. The Morgan fingerprint density at radius 2 is 1.80 bits per heavy atom. The Labute approximate surface area is 70.8 Å². The molecule has 0 aromatic carbocycles. The topological polar surface area (TPSA) is 20.2 Å². The van der Waals surface area contributed by atoms with Gasteiger partial charge in [-0.25, -0.2) is 13.2 Å². The van der Waals surface area contributed by atoms with Crippen LogP contribution in [0.15, 0.2) is 0 Å². The molecule has 1 nitrogen and oxygen atoms in total. The molecular weight excluding hydrogens is 260 g/mol. The third-order valence-electron chi connectivity index (χ3n) is 0.952. The van der Waals surface area contributed by atoms with Crippen LogP contribution in [0.2, 0.25) is 0 Å². The molecule has 0 aromatic rings. The fourth-order valence-electron chi connectivity index (χ4n) is 0.422. The van der Waals surface area contributed by atoms with Crippen LogP contribution in [0.25, 0.3) is 0 Å². The Kier molecular flexibility index (Phi) is 5.42. The van der Waals surface area contributed by atoms with Gasteiger partial charge in [-0.2, -0.15) is 0 Å². The average Bonchev–Trinajstić information content (AvgIpc) is 1.87. The minimum atomic E-state index is -2.93. The molecule has 0 spiro atoms. The van der Waals surface area contributed by atoms with Gasteiger partial charge in [0, 0.05) is 3.92 Å². The highest BCUT2D eigenvalue weighted by atomic mass is 127. The first kappa shape index (κ1) is 10.5. The van der Waals surface area contributed by atoms with Crippen molar-refractivity contribution in [2.75, 3.05) is 6.61 Å². The highest BCUT2D eigenvalue weighted by Gasteiger charge is 2.21. The van der Waals surface area contributed by atoms with E-state index >= 15 is 0 Å². The summed E-state index contributed by atoms with van der Waals surface area (Å²) < 4.78 is 34.6. The van der Waals surface area contributed by atoms with E-state index in [0.29, 0.717) is 0 Å². The van der Waals surface area contributed by atoms with Gasteiger partial charge in [0.1, 0.15) is 0 Å². The molecular formula is C5H8F3IO. The van der Waals surface area contributed by atoms with Gasteiger partial charge in [0.2, 0.25) is 0 Å². The van der Waals surface area contributed by atoms with Crippen LogP contribution in [0.5, 0.6) is 0 Å². The van der Waals surface area contributed by atoms with Crippen LogP contribution in [0, 0.1) is 0 Å². The van der Waals surface area contributed by atoms with Gasteiger partial charge in [0.25, 0.3) is 6.43 Å². The van der Waals surface area contributed by atoms with Crippen molar-refractivity contribution in [2.45, 2.75) is 22.9 Å². The maximum absolute atomic E-state index is 12.1. The van der Waals surface area contributed by atoms with Crippen molar-refractivity contribution in [1.82, 2.24) is 0 Å². The molecule has 0 radical (unpaired) electrons. The molecule has 2 atom stereocenters. The molecule has 0 aliphatic carbocycles. The van der Waals surface area contributed by atoms with Gasteiger partial charge >= 0.3 is 0 Å². The monoisotopic (exact) mass is 268 g/mol. The molecule has 0 saturated carbocycles. The summed E-state index contributed by atoms with van der Waals surface area (Å²) in [6, 6.07) is 0. The Balaban J connectivity index is 3.46. The normalized spacial score (nSPS) is 17.4. The minimum absolute atomic E-state index is 0.256. The van der Waals surface area contributed by atoms with Crippen molar-refractivity contribution in [2.24, 2.45) is 0 Å². The molecule has 0 aromatic heterocycles. The first-order valence-electron chi connectivity index (χ1n) is 2.75. The Morgan fingerprint density at radius 1 is 1.30 bits per heavy atom. The smallest absolute Gasteiger partial charge is 0.269 e. The van der Waals surface area contributed by atoms with Crippen LogP contribution in [-0.2, 0) is 0 Å². The van der Waals surface area contributed by atoms with Crippen molar-refractivity contribution >= 4 is 22.6 Å². The molecule has 5 heteroatoms. The SMILES string of the molecule is OCC(I)CC(F)C(F)F. The van der Waals surface area contributed by atoms with E-state index in [9.17, 15) is 13.2 Å². The summed E-state index contributed by atoms with van der Waals surface area (Å²) in [5.41, 5.74) is 0. The van der Waals surface area contributed by atoms with Crippen LogP contribution in [0.1, 0.15) is 6.42 Å². The van der Waals surface area contributed by atoms with E-state index in [2.05, 4.69) is 0 Å². The summed E-state index contributed by atoms with van der Waals surface area (Å²) in [5, 5.41) is 8.35. The predicted molar refractivity (Wildman–Crippen MR) is 40.4 cm³/mol. The molecule has 10 heavy (non-hydrogen) atoms. The molecule has 0 aliphatic rings. The number of alkyl halides is 4. The van der Waals surface area contributed by atoms with Crippen molar-refractivity contribution in [3.05, 3.63) is 0 Å². The Morgan fingerprint density at radius 3 is 2.10 bits per heavy atom. The van der Waals surface area contributed by atoms with E-state index in [4.69, 9.17) is 5.11 Å². The number of halogens is 4. The maximum Gasteiger partial charge on any atom is 0.269 e. The van der Waals surface area contributed by atoms with Crippen LogP contribution in [0.4, 0.5) is 13.2 Å². The molecule has 2 unspecified atom stereocenters. The van der Waals surface area contributed by atoms with E-state index in [1.54, 1.807) is 22.6 Å². The predicted octanol–water partition coefficient (Wildman–Crippen LogP) is 1.78. The molecule has 0 amide bonds. The van der Waals surface area contributed by atoms with Gasteiger partial charge in [-0.15, -0.1) is 0 Å². The lowest BCUT2D eigenvalue weighted by Crippen LogP contribution is -2.18. The van der Waals surface area contributed by atoms with Crippen molar-refractivity contribution in [1.29, 1.82) is 0 Å². The molecule has 0 aliphatic heterocycles. The highest BCUT2D eigenvalue weighted by molar-refractivity contribution is 14.1. The Bertz CT molecular complexity index is 91.0. The van der Waals surface area contributed by atoms with E-state index in [1.165, 1.54) is 0 Å². The lowest BCUT2D eigenvalue weighted by atomic mass is 10.2. The molecule has 1 N–H and O–H groups in total. The maximum atomic E-state index is 12.1. The van der Waals surface area contributed by atoms with Gasteiger partial charge in [0.05, 0.1) is 6.61 Å². The summed E-state index contributed by atoms with van der Waals surface area (Å²) in [6.45, 7) is -0.256. The van der Waals surface area contributed by atoms with Crippen molar-refractivity contribution in [3.63, 3.8) is 0 Å². The van der Waals surface area contributed by atoms with Crippen LogP contribution >= 0.6 is 22.6 Å². The quantitative estimate of drug-likeness (QED) is 0.608. The van der Waals surface area contributed by atoms with Gasteiger partial charge < -0.3 is 5.11 Å². The molecule has 0 saturated heterocycles. The van der Waals surface area contributed by atoms with Crippen LogP contribution < -0.4 is 0 Å². The fraction of sp³-hybridized carbons (Fsp3) is 1.00. The second-order valence-corrected chi connectivity index (χ2v) is 3.63. The second-order valence-electron chi connectivity index (χ2n) is 1.87. The first-order valence-corrected chi connectivity index (χ1v) is 3.99. The second kappa shape index (κ2) is 5.17. The summed E-state index contributed by atoms with van der Waals surface area (Å²) in [6.07, 6.45) is -5.31. The van der Waals surface area contributed by atoms with E-state index in [0.717, 1.165) is 0 Å². The third-order valence-corrected chi connectivity index (χ3v) is 1.85. The van der Waals surface area contributed by atoms with E-state index in [1.807, 2.05) is 0 Å². The lowest BCUT2D eigenvalue weighted by molar-refractivity contribution is 0.0437. The zero-order valence-corrected chi connectivity index (χ0v) is 7.26. The largest absolute Gasteiger partial charge is 0.395 e. The van der Waals surface area contributed by atoms with E-state index < -0.39 is 16.5 Å². The zero-order valence-electron chi connectivity index (χ0n) is 5.11. The minimum Gasteiger partial charge on any atom is -0.395 e. The number of hydrogen-bond donors (Lipinski definition) is 1. The molecule has 0 fully saturated rings. The van der Waals surface area contributed by atoms with Gasteiger partial charge in [-0.1, -0.05) is 22.6 Å². The summed E-state index contributed by atoms with van der Waals surface area (Å²) in [5.74, 6) is 0. The van der Waals surface area contributed by atoms with Crippen molar-refractivity contribution < 1.29 is 18.3 Å². The van der Waals surface area contributed by atoms with Gasteiger partial charge in [-0.05, 0) is 6.42 Å². The number of rotatable bonds is 4. The third kappa shape index (κ3) is 4.32. The highest BCUT2D eigenvalue weighted by Crippen LogP contribution is 2.16. The number of aliphatic hydroxyl groups is 1. The molecule has 62 valence electrons. The number of aliphatic hydroxyl groups excluding tert-OH is 1. The average molecular weight is 268 g/mol. The van der Waals surface area contributed by atoms with Crippen LogP contribution in [0.3, 0.4) is 0 Å². The van der Waals surface area contributed by atoms with Gasteiger partial charge in [-0.3, -0.25) is 0 Å². The molecule has 0 heterocycles. The first-order chi connectivity index (χ1) is 4.57. The molecule has 0 bridgehead atoms.